The second-order valence-electron chi connectivity index (χ2n) is 3.85. The third-order valence-electron chi connectivity index (χ3n) is 2.86. The van der Waals surface area contributed by atoms with Crippen molar-refractivity contribution < 1.29 is 19.4 Å². The molecule has 16 heavy (non-hydrogen) atoms. The monoisotopic (exact) mass is 232 g/mol. The summed E-state index contributed by atoms with van der Waals surface area (Å²) in [7, 11) is 3.20. The van der Waals surface area contributed by atoms with E-state index in [9.17, 15) is 4.79 Å². The molecule has 0 aromatic rings. The second kappa shape index (κ2) is 6.67. The van der Waals surface area contributed by atoms with E-state index < -0.39 is 6.09 Å². The number of hydrogen-bond donors (Lipinski definition) is 2. The minimum atomic E-state index is -0.829. The molecule has 1 rings (SSSR count). The fourth-order valence-electron chi connectivity index (χ4n) is 1.80. The summed E-state index contributed by atoms with van der Waals surface area (Å²) in [4.78, 5) is 12.1. The molecule has 94 valence electrons. The van der Waals surface area contributed by atoms with Gasteiger partial charge in [-0.2, -0.15) is 0 Å². The molecule has 0 saturated carbocycles. The van der Waals surface area contributed by atoms with Gasteiger partial charge < -0.3 is 24.8 Å². The summed E-state index contributed by atoms with van der Waals surface area (Å²) >= 11 is 0. The molecule has 2 N–H and O–H groups in total. The molecule has 1 fully saturated rings. The summed E-state index contributed by atoms with van der Waals surface area (Å²) in [6.45, 7) is 1.82. The van der Waals surface area contributed by atoms with Crippen molar-refractivity contribution in [3.8, 4) is 0 Å². The number of carboxylic acid groups (broad SMARTS) is 1. The number of likely N-dealkylation sites (tertiary alicyclic amines) is 1. The molecule has 1 amide bonds. The standard InChI is InChI=1S/C10H20N2O4/c1-15-9(16-2)7-11-8-3-5-12(6-4-8)10(13)14/h8-9,11H,3-7H2,1-2H3,(H,13,14). The van der Waals surface area contributed by atoms with Gasteiger partial charge in [-0.25, -0.2) is 4.79 Å². The number of hydrogen-bond acceptors (Lipinski definition) is 4. The fourth-order valence-corrected chi connectivity index (χ4v) is 1.80. The lowest BCUT2D eigenvalue weighted by molar-refractivity contribution is -0.100. The van der Waals surface area contributed by atoms with E-state index in [2.05, 4.69) is 5.32 Å². The highest BCUT2D eigenvalue weighted by Crippen LogP contribution is 2.10. The van der Waals surface area contributed by atoms with Gasteiger partial charge in [0.15, 0.2) is 6.29 Å². The van der Waals surface area contributed by atoms with Crippen molar-refractivity contribution in [3.63, 3.8) is 0 Å². The van der Waals surface area contributed by atoms with Gasteiger partial charge in [0.25, 0.3) is 0 Å². The summed E-state index contributed by atoms with van der Waals surface area (Å²) in [6, 6.07) is 0.350. The number of piperidine rings is 1. The molecule has 1 aliphatic rings. The van der Waals surface area contributed by atoms with Crippen LogP contribution in [-0.2, 0) is 9.47 Å². The molecule has 1 heterocycles. The summed E-state index contributed by atoms with van der Waals surface area (Å²) in [5.41, 5.74) is 0. The van der Waals surface area contributed by atoms with Crippen LogP contribution in [0.4, 0.5) is 4.79 Å². The average molecular weight is 232 g/mol. The Morgan fingerprint density at radius 2 is 2.00 bits per heavy atom. The van der Waals surface area contributed by atoms with Crippen LogP contribution in [0.25, 0.3) is 0 Å². The molecular weight excluding hydrogens is 212 g/mol. The topological polar surface area (TPSA) is 71.0 Å². The highest BCUT2D eigenvalue weighted by Gasteiger charge is 2.22. The smallest absolute Gasteiger partial charge is 0.407 e. The van der Waals surface area contributed by atoms with Gasteiger partial charge in [0.2, 0.25) is 0 Å². The van der Waals surface area contributed by atoms with Gasteiger partial charge in [-0.15, -0.1) is 0 Å². The van der Waals surface area contributed by atoms with Crippen LogP contribution in [0, 0.1) is 0 Å². The Morgan fingerprint density at radius 3 is 2.44 bits per heavy atom. The van der Waals surface area contributed by atoms with Gasteiger partial charge in [-0.3, -0.25) is 0 Å². The summed E-state index contributed by atoms with van der Waals surface area (Å²) < 4.78 is 10.1. The Hall–Kier alpha value is -0.850. The first-order valence-corrected chi connectivity index (χ1v) is 5.44. The number of nitrogens with one attached hydrogen (secondary N) is 1. The fraction of sp³-hybridized carbons (Fsp3) is 0.900. The van der Waals surface area contributed by atoms with Crippen LogP contribution in [0.1, 0.15) is 12.8 Å². The lowest BCUT2D eigenvalue weighted by Gasteiger charge is -2.31. The molecule has 1 aliphatic heterocycles. The predicted octanol–water partition coefficient (Wildman–Crippen LogP) is 0.337. The summed E-state index contributed by atoms with van der Waals surface area (Å²) in [5.74, 6) is 0. The highest BCUT2D eigenvalue weighted by molar-refractivity contribution is 5.65. The molecule has 6 heteroatoms. The van der Waals surface area contributed by atoms with E-state index in [-0.39, 0.29) is 6.29 Å². The van der Waals surface area contributed by atoms with Gasteiger partial charge in [0.05, 0.1) is 0 Å². The molecular formula is C10H20N2O4. The van der Waals surface area contributed by atoms with Crippen LogP contribution in [0.2, 0.25) is 0 Å². The van der Waals surface area contributed by atoms with Gasteiger partial charge in [-0.1, -0.05) is 0 Å². The largest absolute Gasteiger partial charge is 0.465 e. The van der Waals surface area contributed by atoms with Crippen molar-refractivity contribution in [1.29, 1.82) is 0 Å². The quantitative estimate of drug-likeness (QED) is 0.669. The highest BCUT2D eigenvalue weighted by atomic mass is 16.7. The van der Waals surface area contributed by atoms with Gasteiger partial charge in [-0.05, 0) is 12.8 Å². The van der Waals surface area contributed by atoms with E-state index in [0.29, 0.717) is 25.7 Å². The van der Waals surface area contributed by atoms with Gasteiger partial charge >= 0.3 is 6.09 Å². The molecule has 0 aromatic carbocycles. The molecule has 0 aliphatic carbocycles. The third kappa shape index (κ3) is 3.96. The van der Waals surface area contributed by atoms with Crippen molar-refractivity contribution in [2.24, 2.45) is 0 Å². The predicted molar refractivity (Wildman–Crippen MR) is 58.4 cm³/mol. The number of carbonyl (C=O) groups is 1. The minimum Gasteiger partial charge on any atom is -0.465 e. The van der Waals surface area contributed by atoms with Crippen LogP contribution >= 0.6 is 0 Å². The van der Waals surface area contributed by atoms with Crippen LogP contribution < -0.4 is 5.32 Å². The van der Waals surface area contributed by atoms with Crippen LogP contribution in [0.5, 0.6) is 0 Å². The molecule has 0 radical (unpaired) electrons. The maximum atomic E-state index is 10.7. The van der Waals surface area contributed by atoms with Crippen LogP contribution in [0.3, 0.4) is 0 Å². The third-order valence-corrected chi connectivity index (χ3v) is 2.86. The molecule has 0 unspecified atom stereocenters. The SMILES string of the molecule is COC(CNC1CCN(C(=O)O)CC1)OC. The zero-order valence-corrected chi connectivity index (χ0v) is 9.81. The number of rotatable bonds is 5. The molecule has 0 aromatic heterocycles. The summed E-state index contributed by atoms with van der Waals surface area (Å²) in [5, 5.41) is 12.1. The van der Waals surface area contributed by atoms with Gasteiger partial charge in [0.1, 0.15) is 0 Å². The first-order valence-electron chi connectivity index (χ1n) is 5.44. The minimum absolute atomic E-state index is 0.238. The molecule has 0 spiro atoms. The normalized spacial score (nSPS) is 18.1. The number of methoxy groups -OCH3 is 2. The van der Waals surface area contributed by atoms with E-state index in [0.717, 1.165) is 12.8 Å². The van der Waals surface area contributed by atoms with E-state index in [1.54, 1.807) is 14.2 Å². The average Bonchev–Trinajstić information content (AvgIpc) is 2.31. The number of nitrogens with zero attached hydrogens (tertiary/aromatic N) is 1. The Labute approximate surface area is 95.5 Å². The molecule has 1 saturated heterocycles. The van der Waals surface area contributed by atoms with Crippen molar-refractivity contribution in [2.75, 3.05) is 33.9 Å². The molecule has 0 bridgehead atoms. The lowest BCUT2D eigenvalue weighted by Crippen LogP contribution is -2.46. The maximum Gasteiger partial charge on any atom is 0.407 e. The Bertz CT molecular complexity index is 213. The molecule has 6 nitrogen and oxygen atoms in total. The first kappa shape index (κ1) is 13.2. The van der Waals surface area contributed by atoms with Crippen LogP contribution in [-0.4, -0.2) is 62.3 Å². The zero-order chi connectivity index (χ0) is 12.0. The molecule has 0 atom stereocenters. The van der Waals surface area contributed by atoms with E-state index in [1.165, 1.54) is 4.90 Å². The van der Waals surface area contributed by atoms with E-state index >= 15 is 0 Å². The van der Waals surface area contributed by atoms with Crippen molar-refractivity contribution in [1.82, 2.24) is 10.2 Å². The summed E-state index contributed by atoms with van der Waals surface area (Å²) in [6.07, 6.45) is 0.612. The Balaban J connectivity index is 2.19. The van der Waals surface area contributed by atoms with Crippen LogP contribution in [0.15, 0.2) is 0 Å². The Morgan fingerprint density at radius 1 is 1.44 bits per heavy atom. The number of amides is 1. The maximum absolute atomic E-state index is 10.7. The Kier molecular flexibility index (Phi) is 5.51. The van der Waals surface area contributed by atoms with Crippen molar-refractivity contribution in [3.05, 3.63) is 0 Å². The van der Waals surface area contributed by atoms with Crippen molar-refractivity contribution in [2.45, 2.75) is 25.2 Å². The zero-order valence-electron chi connectivity index (χ0n) is 9.81. The first-order chi connectivity index (χ1) is 7.67. The lowest BCUT2D eigenvalue weighted by atomic mass is 10.1. The second-order valence-corrected chi connectivity index (χ2v) is 3.85. The number of ether oxygens (including phenoxy) is 2. The van der Waals surface area contributed by atoms with E-state index in [4.69, 9.17) is 14.6 Å². The van der Waals surface area contributed by atoms with Gasteiger partial charge in [0, 0.05) is 39.9 Å². The van der Waals surface area contributed by atoms with E-state index in [1.807, 2.05) is 0 Å². The van der Waals surface area contributed by atoms with Crippen molar-refractivity contribution >= 4 is 6.09 Å².